The van der Waals surface area contributed by atoms with Crippen LogP contribution in [0.25, 0.3) is 16.4 Å². The Morgan fingerprint density at radius 2 is 1.73 bits per heavy atom. The number of nitrogens with zero attached hydrogens (tertiary/aromatic N) is 7. The van der Waals surface area contributed by atoms with E-state index in [-0.39, 0.29) is 46.8 Å². The second kappa shape index (κ2) is 19.1. The molecule has 3 amide bonds. The van der Waals surface area contributed by atoms with Crippen LogP contribution in [-0.2, 0) is 9.53 Å². The summed E-state index contributed by atoms with van der Waals surface area (Å²) in [5.74, 6) is 0.374. The molecule has 3 aliphatic rings. The number of pyridine rings is 2. The molecule has 6 N–H and O–H groups in total. The van der Waals surface area contributed by atoms with Crippen molar-refractivity contribution >= 4 is 68.6 Å². The third-order valence-corrected chi connectivity index (χ3v) is 12.5. The van der Waals surface area contributed by atoms with Gasteiger partial charge in [-0.25, -0.2) is 19.3 Å². The molecule has 8 rings (SSSR count). The SMILES string of the molecule is CO[C@@H](C)c1c(NC(=O)Nc2cc(Cl)cnc2OCCNC2CCC(C(=O)N3CCN(c4cccc5c(=O)n(C6CCC(O)NC6O)ccc45)CC3)CC2)cnc2cc(Cl)nn12. The Bertz CT molecular complexity index is 2470. The van der Waals surface area contributed by atoms with E-state index in [1.165, 1.54) is 16.9 Å². The van der Waals surface area contributed by atoms with Gasteiger partial charge in [-0.15, -0.1) is 0 Å². The van der Waals surface area contributed by atoms with Crippen molar-refractivity contribution in [2.45, 2.75) is 76.1 Å². The molecular weight excluding hydrogens is 841 g/mol. The fraction of sp³-hybridized carbons (Fsp3) is 0.476. The number of piperidine rings is 1. The van der Waals surface area contributed by atoms with Crippen LogP contribution in [0.4, 0.5) is 21.9 Å². The highest BCUT2D eigenvalue weighted by Crippen LogP contribution is 2.32. The summed E-state index contributed by atoms with van der Waals surface area (Å²) in [6.45, 7) is 5.14. The first kappa shape index (κ1) is 43.6. The minimum absolute atomic E-state index is 0.0283. The van der Waals surface area contributed by atoms with E-state index >= 15 is 0 Å². The number of hydrogen-bond donors (Lipinski definition) is 6. The van der Waals surface area contributed by atoms with Crippen molar-refractivity contribution in [3.05, 3.63) is 81.2 Å². The Hall–Kier alpha value is -5.08. The predicted octanol–water partition coefficient (Wildman–Crippen LogP) is 4.53. The van der Waals surface area contributed by atoms with Crippen molar-refractivity contribution in [3.63, 3.8) is 0 Å². The predicted molar refractivity (Wildman–Crippen MR) is 235 cm³/mol. The second-order valence-electron chi connectivity index (χ2n) is 16.0. The standard InChI is InChI=1S/C42H51Cl2N11O7/c1-24(61-2)37-31(23-46-35-21-34(44)51-55(35)37)49-42(60)48-30-20-26(43)22-47-39(30)62-19-13-45-27-8-6-25(7-9-27)40(58)53-17-15-52(16-18-53)32-5-3-4-29-28(32)12-14-54(41(29)59)33-10-11-36(56)50-38(33)57/h3-5,12,14,20-25,27,33,36,38,45,50,56-57H,6-11,13,15-19H2,1-2H3,(H2,48,49,60)/t24-,25?,27?,33?,36?,38?/m0/s1. The Morgan fingerprint density at radius 1 is 0.952 bits per heavy atom. The molecule has 5 aromatic rings. The zero-order valence-corrected chi connectivity index (χ0v) is 36.0. The molecule has 4 atom stereocenters. The van der Waals surface area contributed by atoms with E-state index in [2.05, 4.69) is 41.2 Å². The monoisotopic (exact) mass is 891 g/mol. The first-order chi connectivity index (χ1) is 30.0. The summed E-state index contributed by atoms with van der Waals surface area (Å²) in [5.41, 5.74) is 2.48. The number of ether oxygens (including phenoxy) is 2. The summed E-state index contributed by atoms with van der Waals surface area (Å²) in [6.07, 6.45) is 6.66. The van der Waals surface area contributed by atoms with Gasteiger partial charge < -0.3 is 50.0 Å². The molecule has 18 nitrogen and oxygen atoms in total. The number of amides is 3. The van der Waals surface area contributed by atoms with Crippen LogP contribution >= 0.6 is 23.2 Å². The molecule has 1 aromatic carbocycles. The summed E-state index contributed by atoms with van der Waals surface area (Å²) in [6, 6.07) is 9.98. The highest BCUT2D eigenvalue weighted by Gasteiger charge is 2.33. The van der Waals surface area contributed by atoms with E-state index < -0.39 is 30.6 Å². The Morgan fingerprint density at radius 3 is 2.48 bits per heavy atom. The number of carbonyl (C=O) groups excluding carboxylic acids is 2. The minimum Gasteiger partial charge on any atom is -0.475 e. The average molecular weight is 893 g/mol. The molecule has 1 saturated carbocycles. The third kappa shape index (κ3) is 9.46. The van der Waals surface area contributed by atoms with Gasteiger partial charge in [0.2, 0.25) is 11.8 Å². The van der Waals surface area contributed by atoms with Crippen LogP contribution < -0.4 is 36.5 Å². The zero-order valence-electron chi connectivity index (χ0n) is 34.5. The number of anilines is 3. The topological polar surface area (TPSA) is 213 Å². The number of methoxy groups -OCH3 is 1. The van der Waals surface area contributed by atoms with Crippen molar-refractivity contribution in [2.75, 3.05) is 62.0 Å². The summed E-state index contributed by atoms with van der Waals surface area (Å²) in [5, 5.41) is 38.5. The molecule has 0 bridgehead atoms. The maximum absolute atomic E-state index is 13.7. The molecule has 62 heavy (non-hydrogen) atoms. The second-order valence-corrected chi connectivity index (χ2v) is 16.8. The number of carbonyl (C=O) groups is 2. The van der Waals surface area contributed by atoms with Gasteiger partial charge in [-0.3, -0.25) is 14.9 Å². The van der Waals surface area contributed by atoms with Crippen LogP contribution in [0, 0.1) is 5.92 Å². The lowest BCUT2D eigenvalue weighted by atomic mass is 9.85. The zero-order chi connectivity index (χ0) is 43.5. The number of halogens is 2. The largest absolute Gasteiger partial charge is 0.475 e. The fourth-order valence-corrected chi connectivity index (χ4v) is 9.12. The van der Waals surface area contributed by atoms with Gasteiger partial charge in [-0.2, -0.15) is 5.10 Å². The van der Waals surface area contributed by atoms with Gasteiger partial charge in [-0.1, -0.05) is 29.3 Å². The van der Waals surface area contributed by atoms with Gasteiger partial charge in [0, 0.05) is 86.7 Å². The van der Waals surface area contributed by atoms with Crippen LogP contribution in [0.2, 0.25) is 10.2 Å². The molecule has 3 unspecified atom stereocenters. The number of urea groups is 1. The number of benzene rings is 1. The van der Waals surface area contributed by atoms with Crippen molar-refractivity contribution in [3.8, 4) is 5.88 Å². The molecule has 0 spiro atoms. The van der Waals surface area contributed by atoms with E-state index in [1.807, 2.05) is 36.1 Å². The lowest BCUT2D eigenvalue weighted by Gasteiger charge is -2.39. The maximum atomic E-state index is 13.7. The summed E-state index contributed by atoms with van der Waals surface area (Å²) < 4.78 is 14.6. The van der Waals surface area contributed by atoms with Crippen molar-refractivity contribution < 1.29 is 29.3 Å². The van der Waals surface area contributed by atoms with Crippen LogP contribution in [0.5, 0.6) is 5.88 Å². The molecule has 3 fully saturated rings. The number of nitrogens with one attached hydrogen (secondary N) is 4. The van der Waals surface area contributed by atoms with Gasteiger partial charge >= 0.3 is 6.03 Å². The molecule has 2 saturated heterocycles. The van der Waals surface area contributed by atoms with Crippen molar-refractivity contribution in [1.82, 2.24) is 39.7 Å². The molecule has 6 heterocycles. The lowest BCUT2D eigenvalue weighted by molar-refractivity contribution is -0.137. The summed E-state index contributed by atoms with van der Waals surface area (Å²) in [7, 11) is 1.55. The summed E-state index contributed by atoms with van der Waals surface area (Å²) in [4.78, 5) is 53.3. The van der Waals surface area contributed by atoms with Crippen molar-refractivity contribution in [1.29, 1.82) is 0 Å². The number of fused-ring (bicyclic) bond motifs is 2. The van der Waals surface area contributed by atoms with Crippen molar-refractivity contribution in [2.24, 2.45) is 5.92 Å². The number of hydrogen-bond acceptors (Lipinski definition) is 13. The minimum atomic E-state index is -1.02. The average Bonchev–Trinajstić information content (AvgIpc) is 3.66. The molecule has 330 valence electrons. The molecule has 0 radical (unpaired) electrons. The third-order valence-electron chi connectivity index (χ3n) is 12.1. The number of aliphatic hydroxyl groups is 2. The molecule has 4 aromatic heterocycles. The van der Waals surface area contributed by atoms with E-state index in [0.717, 1.165) is 36.8 Å². The van der Waals surface area contributed by atoms with Gasteiger partial charge in [0.15, 0.2) is 10.8 Å². The molecule has 2 aliphatic heterocycles. The van der Waals surface area contributed by atoms with Gasteiger partial charge in [-0.05, 0) is 69.7 Å². The van der Waals surface area contributed by atoms with Gasteiger partial charge in [0.05, 0.1) is 34.7 Å². The Kier molecular flexibility index (Phi) is 13.4. The molecule has 1 aliphatic carbocycles. The van der Waals surface area contributed by atoms with Crippen LogP contribution in [0.1, 0.15) is 63.3 Å². The number of aromatic nitrogens is 5. The highest BCUT2D eigenvalue weighted by molar-refractivity contribution is 6.31. The Balaban J connectivity index is 0.790. The fourth-order valence-electron chi connectivity index (χ4n) is 8.79. The van der Waals surface area contributed by atoms with E-state index in [9.17, 15) is 24.6 Å². The van der Waals surface area contributed by atoms with Crippen LogP contribution in [-0.4, -0.2) is 116 Å². The maximum Gasteiger partial charge on any atom is 0.323 e. The quantitative estimate of drug-likeness (QED) is 0.0952. The van der Waals surface area contributed by atoms with E-state index in [1.54, 1.807) is 30.0 Å². The van der Waals surface area contributed by atoms with E-state index in [4.69, 9.17) is 32.7 Å². The highest BCUT2D eigenvalue weighted by atomic mass is 35.5. The first-order valence-electron chi connectivity index (χ1n) is 20.9. The normalized spacial score (nSPS) is 22.5. The lowest BCUT2D eigenvalue weighted by Crippen LogP contribution is -2.51. The van der Waals surface area contributed by atoms with Gasteiger partial charge in [0.25, 0.3) is 5.56 Å². The Labute approximate surface area is 367 Å². The van der Waals surface area contributed by atoms with Crippen LogP contribution in [0.15, 0.2) is 59.8 Å². The van der Waals surface area contributed by atoms with E-state index in [0.29, 0.717) is 73.0 Å². The number of rotatable bonds is 12. The molecular formula is C42H51Cl2N11O7. The smallest absolute Gasteiger partial charge is 0.323 e. The first-order valence-corrected chi connectivity index (χ1v) is 21.7. The number of aliphatic hydroxyl groups excluding tert-OH is 2. The molecule has 20 heteroatoms. The van der Waals surface area contributed by atoms with Crippen LogP contribution in [0.3, 0.4) is 0 Å². The van der Waals surface area contributed by atoms with Gasteiger partial charge in [0.1, 0.15) is 24.8 Å². The number of piperazine rings is 1. The summed E-state index contributed by atoms with van der Waals surface area (Å²) >= 11 is 12.4.